The molecule has 7 heteroatoms. The molecule has 1 N–H and O–H groups in total. The Morgan fingerprint density at radius 3 is 2.52 bits per heavy atom. The second-order valence-electron chi connectivity index (χ2n) is 4.72. The second kappa shape index (κ2) is 6.39. The predicted octanol–water partition coefficient (Wildman–Crippen LogP) is 4.47. The Hall–Kier alpha value is -2.38. The van der Waals surface area contributed by atoms with Gasteiger partial charge in [0, 0.05) is 17.9 Å². The lowest BCUT2D eigenvalue weighted by Crippen LogP contribution is -2.11. The summed E-state index contributed by atoms with van der Waals surface area (Å²) in [4.78, 5) is 28.2. The van der Waals surface area contributed by atoms with Crippen molar-refractivity contribution in [1.29, 1.82) is 0 Å². The maximum absolute atomic E-state index is 13.0. The molecule has 0 aliphatic heterocycles. The fraction of sp³-hybridized carbons (Fsp3) is 0.0625. The number of thiophene rings is 1. The summed E-state index contributed by atoms with van der Waals surface area (Å²) in [5.74, 6) is -0.775. The van der Waals surface area contributed by atoms with Crippen LogP contribution in [0.1, 0.15) is 27.1 Å². The molecule has 2 aromatic heterocycles. The summed E-state index contributed by atoms with van der Waals surface area (Å²) >= 11 is 2.49. The molecule has 0 spiro atoms. The maximum atomic E-state index is 13.0. The van der Waals surface area contributed by atoms with Crippen LogP contribution < -0.4 is 5.32 Å². The van der Waals surface area contributed by atoms with Gasteiger partial charge in [0.2, 0.25) is 0 Å². The highest BCUT2D eigenvalue weighted by Gasteiger charge is 2.16. The summed E-state index contributed by atoms with van der Waals surface area (Å²) in [6, 6.07) is 7.79. The first-order chi connectivity index (χ1) is 11.0. The number of amides is 1. The number of hydrogen-bond acceptors (Lipinski definition) is 5. The van der Waals surface area contributed by atoms with Crippen LogP contribution in [0, 0.1) is 5.82 Å². The van der Waals surface area contributed by atoms with Crippen LogP contribution in [0.15, 0.2) is 41.1 Å². The lowest BCUT2D eigenvalue weighted by atomic mass is 10.1. The average Bonchev–Trinajstić information content (AvgIpc) is 3.16. The van der Waals surface area contributed by atoms with Gasteiger partial charge < -0.3 is 0 Å². The van der Waals surface area contributed by atoms with Gasteiger partial charge in [0.25, 0.3) is 5.91 Å². The zero-order chi connectivity index (χ0) is 16.4. The highest BCUT2D eigenvalue weighted by molar-refractivity contribution is 7.14. The van der Waals surface area contributed by atoms with E-state index in [-0.39, 0.29) is 17.5 Å². The SMILES string of the molecule is CC(=O)c1csc(NC(=O)c2sccc2-c2ccc(F)cc2)n1. The molecule has 2 heterocycles. The van der Waals surface area contributed by atoms with Crippen LogP contribution in [0.2, 0.25) is 0 Å². The largest absolute Gasteiger partial charge is 0.297 e. The van der Waals surface area contributed by atoms with Crippen molar-refractivity contribution in [1.82, 2.24) is 4.98 Å². The number of anilines is 1. The molecule has 0 atom stereocenters. The minimum Gasteiger partial charge on any atom is -0.297 e. The van der Waals surface area contributed by atoms with Crippen molar-refractivity contribution in [3.05, 3.63) is 57.5 Å². The van der Waals surface area contributed by atoms with Crippen LogP contribution in [0.5, 0.6) is 0 Å². The van der Waals surface area contributed by atoms with Gasteiger partial charge in [-0.25, -0.2) is 9.37 Å². The van der Waals surface area contributed by atoms with Crippen LogP contribution in [0.25, 0.3) is 11.1 Å². The van der Waals surface area contributed by atoms with Crippen molar-refractivity contribution < 1.29 is 14.0 Å². The monoisotopic (exact) mass is 346 g/mol. The zero-order valence-electron chi connectivity index (χ0n) is 12.0. The molecular formula is C16H11FN2O2S2. The molecule has 3 aromatic rings. The van der Waals surface area contributed by atoms with Gasteiger partial charge in [0.1, 0.15) is 16.4 Å². The first-order valence-corrected chi connectivity index (χ1v) is 8.42. The highest BCUT2D eigenvalue weighted by atomic mass is 32.1. The molecule has 116 valence electrons. The number of carbonyl (C=O) groups excluding carboxylic acids is 2. The van der Waals surface area contributed by atoms with E-state index < -0.39 is 0 Å². The van der Waals surface area contributed by atoms with Crippen molar-refractivity contribution in [3.63, 3.8) is 0 Å². The molecule has 0 aliphatic carbocycles. The fourth-order valence-electron chi connectivity index (χ4n) is 1.99. The molecule has 0 fully saturated rings. The molecule has 3 rings (SSSR count). The van der Waals surface area contributed by atoms with Gasteiger partial charge >= 0.3 is 0 Å². The molecule has 4 nitrogen and oxygen atoms in total. The van der Waals surface area contributed by atoms with Gasteiger partial charge in [0.15, 0.2) is 10.9 Å². The Bertz CT molecular complexity index is 868. The number of thiazole rings is 1. The van der Waals surface area contributed by atoms with Gasteiger partial charge in [0.05, 0.1) is 0 Å². The number of halogens is 1. The van der Waals surface area contributed by atoms with Crippen molar-refractivity contribution in [3.8, 4) is 11.1 Å². The van der Waals surface area contributed by atoms with Gasteiger partial charge in [-0.1, -0.05) is 12.1 Å². The summed E-state index contributed by atoms with van der Waals surface area (Å²) in [7, 11) is 0. The Morgan fingerprint density at radius 2 is 1.87 bits per heavy atom. The van der Waals surface area contributed by atoms with Gasteiger partial charge in [-0.15, -0.1) is 22.7 Å². The molecule has 0 aliphatic rings. The number of Topliss-reactive ketones (excluding diaryl/α,β-unsaturated/α-hetero) is 1. The Balaban J connectivity index is 1.84. The number of carbonyl (C=O) groups is 2. The molecule has 23 heavy (non-hydrogen) atoms. The van der Waals surface area contributed by atoms with Crippen LogP contribution in [0.4, 0.5) is 9.52 Å². The van der Waals surface area contributed by atoms with E-state index in [2.05, 4.69) is 10.3 Å². The van der Waals surface area contributed by atoms with Gasteiger partial charge in [-0.05, 0) is 29.1 Å². The highest BCUT2D eigenvalue weighted by Crippen LogP contribution is 2.29. The van der Waals surface area contributed by atoms with Crippen LogP contribution in [-0.4, -0.2) is 16.7 Å². The Kier molecular flexibility index (Phi) is 4.31. The first-order valence-electron chi connectivity index (χ1n) is 6.66. The molecular weight excluding hydrogens is 335 g/mol. The number of nitrogens with zero attached hydrogens (tertiary/aromatic N) is 1. The quantitative estimate of drug-likeness (QED) is 0.709. The van der Waals surface area contributed by atoms with Gasteiger partial charge in [-0.2, -0.15) is 0 Å². The summed E-state index contributed by atoms with van der Waals surface area (Å²) in [5.41, 5.74) is 1.83. The van der Waals surface area contributed by atoms with Crippen molar-refractivity contribution in [2.75, 3.05) is 5.32 Å². The smallest absolute Gasteiger partial charge is 0.268 e. The van der Waals surface area contributed by atoms with Crippen molar-refractivity contribution in [2.45, 2.75) is 6.92 Å². The zero-order valence-corrected chi connectivity index (χ0v) is 13.6. The predicted molar refractivity (Wildman–Crippen MR) is 89.8 cm³/mol. The summed E-state index contributed by atoms with van der Waals surface area (Å²) in [5, 5.41) is 6.47. The van der Waals surface area contributed by atoms with Crippen molar-refractivity contribution >= 4 is 39.5 Å². The Morgan fingerprint density at radius 1 is 1.13 bits per heavy atom. The summed E-state index contributed by atoms with van der Waals surface area (Å²) in [6.07, 6.45) is 0. The van der Waals surface area contributed by atoms with E-state index in [1.54, 1.807) is 22.9 Å². The lowest BCUT2D eigenvalue weighted by molar-refractivity contribution is 0.100. The second-order valence-corrected chi connectivity index (χ2v) is 6.49. The number of aromatic nitrogens is 1. The fourth-order valence-corrected chi connectivity index (χ4v) is 3.54. The van der Waals surface area contributed by atoms with Crippen LogP contribution in [-0.2, 0) is 0 Å². The van der Waals surface area contributed by atoms with E-state index >= 15 is 0 Å². The van der Waals surface area contributed by atoms with Gasteiger partial charge in [-0.3, -0.25) is 14.9 Å². The summed E-state index contributed by atoms with van der Waals surface area (Å²) < 4.78 is 13.0. The van der Waals surface area contributed by atoms with E-state index in [9.17, 15) is 14.0 Å². The van der Waals surface area contributed by atoms with E-state index in [1.165, 1.54) is 41.7 Å². The number of hydrogen-bond donors (Lipinski definition) is 1. The third kappa shape index (κ3) is 3.35. The standard InChI is InChI=1S/C16H11FN2O2S2/c1-9(20)13-8-23-16(18-13)19-15(21)14-12(6-7-22-14)10-2-4-11(17)5-3-10/h2-8H,1H3,(H,18,19,21). The average molecular weight is 346 g/mol. The van der Waals surface area contributed by atoms with E-state index in [1.807, 2.05) is 6.07 Å². The van der Waals surface area contributed by atoms with E-state index in [0.717, 1.165) is 11.1 Å². The van der Waals surface area contributed by atoms with Crippen LogP contribution in [0.3, 0.4) is 0 Å². The van der Waals surface area contributed by atoms with Crippen molar-refractivity contribution in [2.24, 2.45) is 0 Å². The van der Waals surface area contributed by atoms with E-state index in [0.29, 0.717) is 15.7 Å². The normalized spacial score (nSPS) is 10.5. The number of rotatable bonds is 4. The lowest BCUT2D eigenvalue weighted by Gasteiger charge is -2.04. The van der Waals surface area contributed by atoms with E-state index in [4.69, 9.17) is 0 Å². The first kappa shape index (κ1) is 15.5. The number of ketones is 1. The topological polar surface area (TPSA) is 59.1 Å². The molecule has 0 saturated carbocycles. The Labute approximate surface area is 139 Å². The third-order valence-electron chi connectivity index (χ3n) is 3.11. The maximum Gasteiger partial charge on any atom is 0.268 e. The minimum absolute atomic E-state index is 0.148. The minimum atomic E-state index is -0.325. The molecule has 0 saturated heterocycles. The number of benzene rings is 1. The molecule has 1 amide bonds. The number of nitrogens with one attached hydrogen (secondary N) is 1. The third-order valence-corrected chi connectivity index (χ3v) is 4.78. The summed E-state index contributed by atoms with van der Waals surface area (Å²) in [6.45, 7) is 1.42. The molecule has 0 radical (unpaired) electrons. The molecule has 0 unspecified atom stereocenters. The van der Waals surface area contributed by atoms with Crippen LogP contribution >= 0.6 is 22.7 Å². The molecule has 1 aromatic carbocycles. The molecule has 0 bridgehead atoms.